The first-order chi connectivity index (χ1) is 9.50. The van der Waals surface area contributed by atoms with Gasteiger partial charge in [0.1, 0.15) is 11.6 Å². The molecule has 0 aromatic heterocycles. The van der Waals surface area contributed by atoms with Crippen LogP contribution in [0.4, 0.5) is 26.3 Å². The van der Waals surface area contributed by atoms with E-state index in [1.807, 2.05) is 0 Å². The van der Waals surface area contributed by atoms with Gasteiger partial charge in [-0.05, 0) is 12.3 Å². The Bertz CT molecular complexity index is 756. The fourth-order valence-electron chi connectivity index (χ4n) is 2.29. The number of hydrogen-bond acceptors (Lipinski definition) is 0. The number of rotatable bonds is 0. The summed E-state index contributed by atoms with van der Waals surface area (Å²) in [6.45, 7) is 4.98. The summed E-state index contributed by atoms with van der Waals surface area (Å²) < 4.78 is 83.8. The van der Waals surface area contributed by atoms with E-state index in [2.05, 4.69) is 0 Å². The summed E-state index contributed by atoms with van der Waals surface area (Å²) in [6, 6.07) is 0. The number of hydrogen-bond donors (Lipinski definition) is 0. The Morgan fingerprint density at radius 3 is 1.48 bits per heavy atom. The van der Waals surface area contributed by atoms with Crippen molar-refractivity contribution in [2.24, 2.45) is 0 Å². The molecule has 0 atom stereocenters. The molecule has 114 valence electrons. The predicted molar refractivity (Wildman–Crippen MR) is 67.1 cm³/mol. The molecule has 0 nitrogen and oxygen atoms in total. The third-order valence-electron chi connectivity index (χ3n) is 3.36. The monoisotopic (exact) mass is 306 g/mol. The van der Waals surface area contributed by atoms with Gasteiger partial charge in [0.2, 0.25) is 0 Å². The third kappa shape index (κ3) is 2.08. The van der Waals surface area contributed by atoms with Crippen molar-refractivity contribution in [1.29, 1.82) is 0 Å². The summed E-state index contributed by atoms with van der Waals surface area (Å²) in [6.07, 6.45) is 0. The Morgan fingerprint density at radius 1 is 0.571 bits per heavy atom. The predicted octanol–water partition coefficient (Wildman–Crippen LogP) is 5.28. The third-order valence-corrected chi connectivity index (χ3v) is 3.36. The lowest BCUT2D eigenvalue weighted by Gasteiger charge is -2.22. The minimum absolute atomic E-state index is 0.756. The van der Waals surface area contributed by atoms with Crippen molar-refractivity contribution >= 4 is 10.8 Å². The molecule has 21 heavy (non-hydrogen) atoms. The van der Waals surface area contributed by atoms with Crippen molar-refractivity contribution in [3.8, 4) is 0 Å². The number of benzene rings is 2. The molecule has 0 saturated heterocycles. The van der Waals surface area contributed by atoms with E-state index >= 15 is 0 Å². The Kier molecular flexibility index (Phi) is 3.46. The van der Waals surface area contributed by atoms with Gasteiger partial charge in [0, 0.05) is 11.1 Å². The van der Waals surface area contributed by atoms with E-state index in [9.17, 15) is 26.3 Å². The van der Waals surface area contributed by atoms with E-state index in [0.717, 1.165) is 6.92 Å². The van der Waals surface area contributed by atoms with Gasteiger partial charge >= 0.3 is 0 Å². The first-order valence-corrected chi connectivity index (χ1v) is 6.13. The molecule has 0 aliphatic heterocycles. The normalized spacial score (nSPS) is 12.3. The second kappa shape index (κ2) is 4.64. The molecule has 6 heteroatoms. The SMILES string of the molecule is Cc1c(F)c(F)c2c(F)c(C(C)(C)C)c(F)c(F)c2c1F. The summed E-state index contributed by atoms with van der Waals surface area (Å²) >= 11 is 0. The van der Waals surface area contributed by atoms with Crippen LogP contribution in [0.5, 0.6) is 0 Å². The first kappa shape index (κ1) is 15.7. The molecular formula is C15H12F6. The van der Waals surface area contributed by atoms with E-state index in [0.29, 0.717) is 0 Å². The molecule has 0 aliphatic rings. The van der Waals surface area contributed by atoms with Crippen LogP contribution in [0.25, 0.3) is 10.8 Å². The Hall–Kier alpha value is -1.72. The molecule has 0 fully saturated rings. The van der Waals surface area contributed by atoms with E-state index in [-0.39, 0.29) is 0 Å². The van der Waals surface area contributed by atoms with Gasteiger partial charge < -0.3 is 0 Å². The number of halogens is 6. The van der Waals surface area contributed by atoms with Crippen LogP contribution >= 0.6 is 0 Å². The van der Waals surface area contributed by atoms with Gasteiger partial charge in [0.05, 0.1) is 10.8 Å². The zero-order chi connectivity index (χ0) is 16.3. The molecule has 0 spiro atoms. The average molecular weight is 306 g/mol. The summed E-state index contributed by atoms with van der Waals surface area (Å²) in [5.74, 6) is -9.69. The van der Waals surface area contributed by atoms with Crippen LogP contribution in [0.2, 0.25) is 0 Å². The number of fused-ring (bicyclic) bond motifs is 1. The lowest BCUT2D eigenvalue weighted by molar-refractivity contribution is 0.435. The first-order valence-electron chi connectivity index (χ1n) is 6.13. The van der Waals surface area contributed by atoms with Crippen LogP contribution in [0, 0.1) is 41.8 Å². The van der Waals surface area contributed by atoms with Gasteiger partial charge in [-0.25, -0.2) is 26.3 Å². The molecule has 2 aromatic rings. The van der Waals surface area contributed by atoms with Gasteiger partial charge in [-0.1, -0.05) is 20.8 Å². The van der Waals surface area contributed by atoms with Crippen molar-refractivity contribution in [2.75, 3.05) is 0 Å². The summed E-state index contributed by atoms with van der Waals surface area (Å²) in [5, 5.41) is -2.42. The van der Waals surface area contributed by atoms with Crippen molar-refractivity contribution in [3.05, 3.63) is 46.0 Å². The molecule has 0 N–H and O–H groups in total. The zero-order valence-corrected chi connectivity index (χ0v) is 11.8. The maximum atomic E-state index is 14.4. The maximum absolute atomic E-state index is 14.4. The molecule has 0 radical (unpaired) electrons. The maximum Gasteiger partial charge on any atom is 0.170 e. The minimum atomic E-state index is -1.73. The van der Waals surface area contributed by atoms with Crippen LogP contribution in [-0.2, 0) is 5.41 Å². The Labute approximate surface area is 117 Å². The van der Waals surface area contributed by atoms with Crippen LogP contribution < -0.4 is 0 Å². The van der Waals surface area contributed by atoms with Crippen molar-refractivity contribution in [3.63, 3.8) is 0 Å². The Balaban J connectivity index is 3.19. The summed E-state index contributed by atoms with van der Waals surface area (Å²) in [4.78, 5) is 0. The second-order valence-electron chi connectivity index (χ2n) is 5.88. The van der Waals surface area contributed by atoms with E-state index < -0.39 is 62.2 Å². The van der Waals surface area contributed by atoms with Gasteiger partial charge in [-0.3, -0.25) is 0 Å². The second-order valence-corrected chi connectivity index (χ2v) is 5.88. The molecule has 2 aromatic carbocycles. The largest absolute Gasteiger partial charge is 0.206 e. The molecule has 0 bridgehead atoms. The fourth-order valence-corrected chi connectivity index (χ4v) is 2.29. The molecule has 0 amide bonds. The molecule has 0 heterocycles. The van der Waals surface area contributed by atoms with Gasteiger partial charge in [0.15, 0.2) is 23.3 Å². The summed E-state index contributed by atoms with van der Waals surface area (Å²) in [7, 11) is 0. The smallest absolute Gasteiger partial charge is 0.170 e. The lowest BCUT2D eigenvalue weighted by atomic mass is 9.84. The molecular weight excluding hydrogens is 294 g/mol. The van der Waals surface area contributed by atoms with E-state index in [1.54, 1.807) is 0 Å². The standard InChI is InChI=1S/C15H12F6/c1-5-9(16)6-7(12(19)10(5)17)11(18)8(15(2,3)4)14(21)13(6)20/h1-4H3. The molecule has 0 saturated carbocycles. The average Bonchev–Trinajstić information content (AvgIpc) is 2.36. The Morgan fingerprint density at radius 2 is 1.00 bits per heavy atom. The van der Waals surface area contributed by atoms with Gasteiger partial charge in [-0.2, -0.15) is 0 Å². The molecule has 0 unspecified atom stereocenters. The topological polar surface area (TPSA) is 0 Å². The van der Waals surface area contributed by atoms with Crippen LogP contribution in [0.3, 0.4) is 0 Å². The van der Waals surface area contributed by atoms with Gasteiger partial charge in [0.25, 0.3) is 0 Å². The van der Waals surface area contributed by atoms with E-state index in [4.69, 9.17) is 0 Å². The minimum Gasteiger partial charge on any atom is -0.206 e. The highest BCUT2D eigenvalue weighted by Gasteiger charge is 2.33. The molecule has 0 aliphatic carbocycles. The lowest BCUT2D eigenvalue weighted by Crippen LogP contribution is -2.19. The highest BCUT2D eigenvalue weighted by Crippen LogP contribution is 2.38. The van der Waals surface area contributed by atoms with Crippen LogP contribution in [0.15, 0.2) is 0 Å². The van der Waals surface area contributed by atoms with Crippen molar-refractivity contribution in [1.82, 2.24) is 0 Å². The van der Waals surface area contributed by atoms with E-state index in [1.165, 1.54) is 20.8 Å². The quantitative estimate of drug-likeness (QED) is 0.459. The zero-order valence-electron chi connectivity index (χ0n) is 11.8. The van der Waals surface area contributed by atoms with Crippen molar-refractivity contribution < 1.29 is 26.3 Å². The fraction of sp³-hybridized carbons (Fsp3) is 0.333. The van der Waals surface area contributed by atoms with Crippen LogP contribution in [-0.4, -0.2) is 0 Å². The highest BCUT2D eigenvalue weighted by molar-refractivity contribution is 5.87. The summed E-state index contributed by atoms with van der Waals surface area (Å²) in [5.41, 5.74) is -2.80. The molecule has 2 rings (SSSR count). The highest BCUT2D eigenvalue weighted by atomic mass is 19.2. The van der Waals surface area contributed by atoms with Crippen molar-refractivity contribution in [2.45, 2.75) is 33.1 Å². The van der Waals surface area contributed by atoms with Crippen LogP contribution in [0.1, 0.15) is 31.9 Å². The van der Waals surface area contributed by atoms with Gasteiger partial charge in [-0.15, -0.1) is 0 Å².